The van der Waals surface area contributed by atoms with E-state index in [1.54, 1.807) is 0 Å². The van der Waals surface area contributed by atoms with Crippen LogP contribution in [0.5, 0.6) is 0 Å². The van der Waals surface area contributed by atoms with Crippen molar-refractivity contribution in [3.05, 3.63) is 35.9 Å². The first-order valence-electron chi connectivity index (χ1n) is 8.64. The van der Waals surface area contributed by atoms with Gasteiger partial charge in [0, 0.05) is 0 Å². The van der Waals surface area contributed by atoms with Crippen molar-refractivity contribution in [2.24, 2.45) is 11.3 Å². The summed E-state index contributed by atoms with van der Waals surface area (Å²) < 4.78 is 10.9. The summed E-state index contributed by atoms with van der Waals surface area (Å²) in [6, 6.07) is 9.67. The average Bonchev–Trinajstić information content (AvgIpc) is 2.52. The van der Waals surface area contributed by atoms with E-state index in [9.17, 15) is 9.59 Å². The Kier molecular flexibility index (Phi) is 5.68. The molecule has 0 heterocycles. The number of ether oxygens (including phenoxy) is 2. The monoisotopic (exact) mass is 332 g/mol. The molecule has 1 aromatic carbocycles. The minimum atomic E-state index is -0.507. The van der Waals surface area contributed by atoms with Gasteiger partial charge < -0.3 is 9.47 Å². The van der Waals surface area contributed by atoms with Crippen LogP contribution in [0.2, 0.25) is 0 Å². The zero-order valence-corrected chi connectivity index (χ0v) is 15.1. The van der Waals surface area contributed by atoms with Gasteiger partial charge in [-0.1, -0.05) is 30.3 Å². The van der Waals surface area contributed by atoms with Gasteiger partial charge in [-0.3, -0.25) is 9.59 Å². The number of hydrogen-bond donors (Lipinski definition) is 0. The van der Waals surface area contributed by atoms with Gasteiger partial charge in [0.1, 0.15) is 12.2 Å². The number of esters is 2. The van der Waals surface area contributed by atoms with E-state index in [4.69, 9.17) is 9.47 Å². The molecule has 1 aromatic rings. The maximum atomic E-state index is 12.5. The summed E-state index contributed by atoms with van der Waals surface area (Å²) >= 11 is 0. The third-order valence-corrected chi connectivity index (χ3v) is 4.53. The summed E-state index contributed by atoms with van der Waals surface area (Å²) in [6.45, 7) is 7.85. The van der Waals surface area contributed by atoms with Gasteiger partial charge in [-0.25, -0.2) is 0 Å². The van der Waals surface area contributed by atoms with Crippen molar-refractivity contribution in [2.45, 2.75) is 65.6 Å². The number of benzene rings is 1. The molecule has 0 aromatic heterocycles. The molecule has 1 fully saturated rings. The first kappa shape index (κ1) is 18.5. The van der Waals surface area contributed by atoms with Gasteiger partial charge in [0.25, 0.3) is 0 Å². The summed E-state index contributed by atoms with van der Waals surface area (Å²) in [5.41, 5.74) is 0.0108. The molecule has 0 unspecified atom stereocenters. The van der Waals surface area contributed by atoms with Crippen LogP contribution in [-0.4, -0.2) is 17.5 Å². The molecule has 0 radical (unpaired) electrons. The molecule has 24 heavy (non-hydrogen) atoms. The van der Waals surface area contributed by atoms with Gasteiger partial charge in [-0.15, -0.1) is 0 Å². The molecule has 1 saturated carbocycles. The van der Waals surface area contributed by atoms with E-state index in [2.05, 4.69) is 0 Å². The fourth-order valence-corrected chi connectivity index (χ4v) is 2.98. The molecule has 132 valence electrons. The molecule has 2 rings (SSSR count). The Morgan fingerprint density at radius 3 is 2.25 bits per heavy atom. The highest BCUT2D eigenvalue weighted by Crippen LogP contribution is 2.40. The van der Waals surface area contributed by atoms with Crippen molar-refractivity contribution in [3.8, 4) is 0 Å². The Hall–Kier alpha value is -1.84. The third kappa shape index (κ3) is 5.08. The minimum Gasteiger partial charge on any atom is -0.460 e. The van der Waals surface area contributed by atoms with Crippen molar-refractivity contribution < 1.29 is 19.1 Å². The van der Waals surface area contributed by atoms with E-state index >= 15 is 0 Å². The number of carbonyl (C=O) groups excluding carboxylic acids is 2. The second-order valence-corrected chi connectivity index (χ2v) is 7.93. The average molecular weight is 332 g/mol. The molecule has 0 N–H and O–H groups in total. The van der Waals surface area contributed by atoms with Crippen LogP contribution in [0.3, 0.4) is 0 Å². The maximum absolute atomic E-state index is 12.5. The number of carbonyl (C=O) groups is 2. The highest BCUT2D eigenvalue weighted by molar-refractivity contribution is 5.78. The highest BCUT2D eigenvalue weighted by atomic mass is 16.6. The first-order valence-corrected chi connectivity index (χ1v) is 8.64. The smallest absolute Gasteiger partial charge is 0.312 e. The normalized spacial score (nSPS) is 24.2. The lowest BCUT2D eigenvalue weighted by Crippen LogP contribution is -2.37. The Labute approximate surface area is 144 Å². The lowest BCUT2D eigenvalue weighted by Gasteiger charge is -2.35. The molecule has 1 aliphatic carbocycles. The lowest BCUT2D eigenvalue weighted by atomic mass is 9.71. The molecule has 1 aliphatic rings. The van der Waals surface area contributed by atoms with Crippen LogP contribution in [0.25, 0.3) is 0 Å². The van der Waals surface area contributed by atoms with E-state index in [-0.39, 0.29) is 17.9 Å². The molecule has 4 nitrogen and oxygen atoms in total. The van der Waals surface area contributed by atoms with E-state index in [1.807, 2.05) is 58.0 Å². The summed E-state index contributed by atoms with van der Waals surface area (Å²) in [5.74, 6) is -0.435. The fraction of sp³-hybridized carbons (Fsp3) is 0.600. The highest BCUT2D eigenvalue weighted by Gasteiger charge is 2.41. The van der Waals surface area contributed by atoms with Crippen LogP contribution in [0, 0.1) is 11.3 Å². The van der Waals surface area contributed by atoms with Gasteiger partial charge in [0.2, 0.25) is 0 Å². The number of hydrogen-bond acceptors (Lipinski definition) is 4. The quantitative estimate of drug-likeness (QED) is 0.773. The topological polar surface area (TPSA) is 52.6 Å². The van der Waals surface area contributed by atoms with E-state index in [0.717, 1.165) is 5.56 Å². The van der Waals surface area contributed by atoms with Crippen molar-refractivity contribution in [2.75, 3.05) is 0 Å². The summed E-state index contributed by atoms with van der Waals surface area (Å²) in [7, 11) is 0. The molecule has 0 atom stereocenters. The van der Waals surface area contributed by atoms with Crippen LogP contribution in [-0.2, 0) is 25.7 Å². The predicted octanol–water partition coefficient (Wildman–Crippen LogP) is 4.27. The maximum Gasteiger partial charge on any atom is 0.312 e. The SMILES string of the molecule is CC(C)(C)OC(=O)C1CCC(C)(C(=O)OCc2ccccc2)CC1. The van der Waals surface area contributed by atoms with Gasteiger partial charge in [-0.05, 0) is 58.9 Å². The summed E-state index contributed by atoms with van der Waals surface area (Å²) in [6.07, 6.45) is 2.66. The van der Waals surface area contributed by atoms with Gasteiger partial charge >= 0.3 is 11.9 Å². The standard InChI is InChI=1S/C20H28O4/c1-19(2,3)24-17(21)16-10-12-20(4,13-11-16)18(22)23-14-15-8-6-5-7-9-15/h5-9,16H,10-14H2,1-4H3. The molecule has 4 heteroatoms. The fourth-order valence-electron chi connectivity index (χ4n) is 2.98. The number of rotatable bonds is 4. The van der Waals surface area contributed by atoms with E-state index in [0.29, 0.717) is 32.3 Å². The Morgan fingerprint density at radius 2 is 1.71 bits per heavy atom. The van der Waals surface area contributed by atoms with Crippen LogP contribution < -0.4 is 0 Å². The Morgan fingerprint density at radius 1 is 1.12 bits per heavy atom. The Bertz CT molecular complexity index is 563. The molecule has 0 spiro atoms. The van der Waals surface area contributed by atoms with E-state index < -0.39 is 11.0 Å². The second kappa shape index (κ2) is 7.37. The molecule has 0 saturated heterocycles. The zero-order valence-electron chi connectivity index (χ0n) is 15.1. The molecule has 0 amide bonds. The largest absolute Gasteiger partial charge is 0.460 e. The molecule has 0 aliphatic heterocycles. The first-order chi connectivity index (χ1) is 11.2. The molecule has 0 bridgehead atoms. The van der Waals surface area contributed by atoms with Crippen LogP contribution in [0.4, 0.5) is 0 Å². The zero-order chi connectivity index (χ0) is 17.8. The van der Waals surface area contributed by atoms with Crippen molar-refractivity contribution in [1.29, 1.82) is 0 Å². The van der Waals surface area contributed by atoms with E-state index in [1.165, 1.54) is 0 Å². The van der Waals surface area contributed by atoms with Crippen molar-refractivity contribution >= 4 is 11.9 Å². The Balaban J connectivity index is 1.85. The minimum absolute atomic E-state index is 0.112. The van der Waals surface area contributed by atoms with Gasteiger partial charge in [0.05, 0.1) is 11.3 Å². The van der Waals surface area contributed by atoms with Gasteiger partial charge in [-0.2, -0.15) is 0 Å². The second-order valence-electron chi connectivity index (χ2n) is 7.93. The van der Waals surface area contributed by atoms with Crippen LogP contribution >= 0.6 is 0 Å². The predicted molar refractivity (Wildman–Crippen MR) is 92.1 cm³/mol. The van der Waals surface area contributed by atoms with Crippen molar-refractivity contribution in [3.63, 3.8) is 0 Å². The van der Waals surface area contributed by atoms with Crippen molar-refractivity contribution in [1.82, 2.24) is 0 Å². The summed E-state index contributed by atoms with van der Waals surface area (Å²) in [4.78, 5) is 24.6. The molecular weight excluding hydrogens is 304 g/mol. The van der Waals surface area contributed by atoms with Crippen LogP contribution in [0.15, 0.2) is 30.3 Å². The summed E-state index contributed by atoms with van der Waals surface area (Å²) in [5, 5.41) is 0. The molecular formula is C20H28O4. The van der Waals surface area contributed by atoms with Crippen LogP contribution in [0.1, 0.15) is 58.9 Å². The lowest BCUT2D eigenvalue weighted by molar-refractivity contribution is -0.167. The van der Waals surface area contributed by atoms with Gasteiger partial charge in [0.15, 0.2) is 0 Å². The third-order valence-electron chi connectivity index (χ3n) is 4.53.